The number of rotatable bonds is 6. The minimum Gasteiger partial charge on any atom is -0.379 e. The second-order valence-electron chi connectivity index (χ2n) is 6.14. The molecule has 0 spiro atoms. The maximum Gasteiger partial charge on any atom is 0.262 e. The number of hydrogen-bond acceptors (Lipinski definition) is 6. The molecule has 2 aromatic heterocycles. The molecule has 1 amide bonds. The molecule has 1 aliphatic rings. The van der Waals surface area contributed by atoms with Crippen molar-refractivity contribution in [1.29, 1.82) is 0 Å². The third-order valence-corrected chi connectivity index (χ3v) is 5.70. The van der Waals surface area contributed by atoms with Crippen LogP contribution in [-0.4, -0.2) is 59.8 Å². The highest BCUT2D eigenvalue weighted by Crippen LogP contribution is 2.26. The molecule has 0 radical (unpaired) electrons. The van der Waals surface area contributed by atoms with Gasteiger partial charge in [-0.15, -0.1) is 11.3 Å². The van der Waals surface area contributed by atoms with E-state index in [1.54, 1.807) is 10.9 Å². The van der Waals surface area contributed by atoms with Crippen LogP contribution in [0.2, 0.25) is 0 Å². The van der Waals surface area contributed by atoms with E-state index in [-0.39, 0.29) is 11.5 Å². The average molecular weight is 364 g/mol. The fourth-order valence-electron chi connectivity index (χ4n) is 3.01. The van der Waals surface area contributed by atoms with Gasteiger partial charge in [0.15, 0.2) is 0 Å². The smallest absolute Gasteiger partial charge is 0.262 e. The summed E-state index contributed by atoms with van der Waals surface area (Å²) in [7, 11) is 0. The van der Waals surface area contributed by atoms with Crippen molar-refractivity contribution in [3.63, 3.8) is 0 Å². The van der Waals surface area contributed by atoms with Crippen molar-refractivity contribution in [1.82, 2.24) is 19.8 Å². The molecule has 1 aliphatic heterocycles. The molecule has 8 heteroatoms. The number of fused-ring (bicyclic) bond motifs is 1. The van der Waals surface area contributed by atoms with Crippen molar-refractivity contribution in [3.8, 4) is 0 Å². The van der Waals surface area contributed by atoms with Gasteiger partial charge in [0.1, 0.15) is 4.83 Å². The van der Waals surface area contributed by atoms with E-state index < -0.39 is 0 Å². The summed E-state index contributed by atoms with van der Waals surface area (Å²) < 4.78 is 6.89. The Morgan fingerprint density at radius 1 is 1.40 bits per heavy atom. The van der Waals surface area contributed by atoms with Crippen LogP contribution >= 0.6 is 11.3 Å². The molecule has 0 atom stereocenters. The third-order valence-electron chi connectivity index (χ3n) is 4.50. The largest absolute Gasteiger partial charge is 0.379 e. The standard InChI is InChI=1S/C17H24N4O3S/c1-3-21-11-19-16-13(17(21)23)12(2)14(25-16)15(22)18-5-4-6-20-7-9-24-10-8-20/h11H,3-10H2,1-2H3,(H,18,22). The van der Waals surface area contributed by atoms with E-state index in [9.17, 15) is 9.59 Å². The van der Waals surface area contributed by atoms with E-state index in [0.29, 0.717) is 28.2 Å². The predicted octanol–water partition coefficient (Wildman–Crippen LogP) is 1.24. The predicted molar refractivity (Wildman–Crippen MR) is 98.5 cm³/mol. The van der Waals surface area contributed by atoms with E-state index in [2.05, 4.69) is 15.2 Å². The van der Waals surface area contributed by atoms with Gasteiger partial charge in [-0.05, 0) is 32.4 Å². The topological polar surface area (TPSA) is 76.5 Å². The Bertz CT molecular complexity index is 808. The number of carbonyl (C=O) groups is 1. The van der Waals surface area contributed by atoms with Crippen LogP contribution in [0.4, 0.5) is 0 Å². The molecule has 0 aliphatic carbocycles. The third kappa shape index (κ3) is 3.91. The second-order valence-corrected chi connectivity index (χ2v) is 7.13. The maximum atomic E-state index is 12.5. The zero-order valence-electron chi connectivity index (χ0n) is 14.7. The average Bonchev–Trinajstić information content (AvgIpc) is 2.97. The molecule has 25 heavy (non-hydrogen) atoms. The number of hydrogen-bond donors (Lipinski definition) is 1. The Morgan fingerprint density at radius 3 is 2.88 bits per heavy atom. The van der Waals surface area contributed by atoms with E-state index in [1.165, 1.54) is 11.3 Å². The van der Waals surface area contributed by atoms with Gasteiger partial charge in [-0.2, -0.15) is 0 Å². The van der Waals surface area contributed by atoms with E-state index in [4.69, 9.17) is 4.74 Å². The minimum absolute atomic E-state index is 0.0763. The van der Waals surface area contributed by atoms with Gasteiger partial charge in [0.2, 0.25) is 0 Å². The fourth-order valence-corrected chi connectivity index (χ4v) is 4.07. The highest BCUT2D eigenvalue weighted by Gasteiger charge is 2.19. The molecule has 7 nitrogen and oxygen atoms in total. The van der Waals surface area contributed by atoms with Gasteiger partial charge in [0, 0.05) is 26.2 Å². The van der Waals surface area contributed by atoms with Gasteiger partial charge in [0.25, 0.3) is 11.5 Å². The van der Waals surface area contributed by atoms with Crippen molar-refractivity contribution < 1.29 is 9.53 Å². The molecule has 3 heterocycles. The van der Waals surface area contributed by atoms with Crippen LogP contribution in [0, 0.1) is 6.92 Å². The quantitative estimate of drug-likeness (QED) is 0.781. The Morgan fingerprint density at radius 2 is 2.16 bits per heavy atom. The molecule has 1 N–H and O–H groups in total. The number of nitrogens with one attached hydrogen (secondary N) is 1. The maximum absolute atomic E-state index is 12.5. The first-order valence-corrected chi connectivity index (χ1v) is 9.50. The number of thiophene rings is 1. The van der Waals surface area contributed by atoms with Crippen LogP contribution in [-0.2, 0) is 11.3 Å². The molecule has 0 bridgehead atoms. The molecule has 3 rings (SSSR count). The summed E-state index contributed by atoms with van der Waals surface area (Å²) in [5.41, 5.74) is 0.651. The Balaban J connectivity index is 1.63. The number of amides is 1. The first-order valence-electron chi connectivity index (χ1n) is 8.68. The molecule has 1 saturated heterocycles. The number of aryl methyl sites for hydroxylation is 2. The summed E-state index contributed by atoms with van der Waals surface area (Å²) in [6.07, 6.45) is 2.45. The van der Waals surface area contributed by atoms with Crippen LogP contribution in [0.25, 0.3) is 10.2 Å². The van der Waals surface area contributed by atoms with Gasteiger partial charge < -0.3 is 10.1 Å². The summed E-state index contributed by atoms with van der Waals surface area (Å²) in [5, 5.41) is 3.53. The van der Waals surface area contributed by atoms with E-state index in [0.717, 1.165) is 44.8 Å². The van der Waals surface area contributed by atoms with Crippen LogP contribution in [0.15, 0.2) is 11.1 Å². The zero-order chi connectivity index (χ0) is 17.8. The highest BCUT2D eigenvalue weighted by atomic mass is 32.1. The van der Waals surface area contributed by atoms with Crippen LogP contribution in [0.1, 0.15) is 28.6 Å². The lowest BCUT2D eigenvalue weighted by atomic mass is 10.2. The number of carbonyl (C=O) groups excluding carboxylic acids is 1. The molecule has 136 valence electrons. The lowest BCUT2D eigenvalue weighted by Gasteiger charge is -2.26. The highest BCUT2D eigenvalue weighted by molar-refractivity contribution is 7.20. The van der Waals surface area contributed by atoms with Gasteiger partial charge >= 0.3 is 0 Å². The first-order chi connectivity index (χ1) is 12.1. The number of morpholine rings is 1. The Kier molecular flexibility index (Phi) is 5.82. The molecule has 1 fully saturated rings. The van der Waals surface area contributed by atoms with Crippen molar-refractivity contribution in [2.45, 2.75) is 26.8 Å². The molecule has 0 unspecified atom stereocenters. The SMILES string of the molecule is CCn1cnc2sc(C(=O)NCCCN3CCOCC3)c(C)c2c1=O. The van der Waals surface area contributed by atoms with Gasteiger partial charge in [-0.1, -0.05) is 0 Å². The fraction of sp³-hybridized carbons (Fsp3) is 0.588. The summed E-state index contributed by atoms with van der Waals surface area (Å²) in [4.78, 5) is 32.8. The van der Waals surface area contributed by atoms with Crippen molar-refractivity contribution in [2.24, 2.45) is 0 Å². The van der Waals surface area contributed by atoms with Crippen molar-refractivity contribution in [3.05, 3.63) is 27.1 Å². The van der Waals surface area contributed by atoms with E-state index >= 15 is 0 Å². The molecule has 0 aromatic carbocycles. The Hall–Kier alpha value is -1.77. The second kappa shape index (κ2) is 8.07. The van der Waals surface area contributed by atoms with Crippen molar-refractivity contribution in [2.75, 3.05) is 39.4 Å². The van der Waals surface area contributed by atoms with Gasteiger partial charge in [-0.25, -0.2) is 4.98 Å². The molecule has 2 aromatic rings. The number of ether oxygens (including phenoxy) is 1. The zero-order valence-corrected chi connectivity index (χ0v) is 15.5. The summed E-state index contributed by atoms with van der Waals surface area (Å²) in [5.74, 6) is -0.120. The first kappa shape index (κ1) is 18.0. The number of nitrogens with zero attached hydrogens (tertiary/aromatic N) is 3. The van der Waals surface area contributed by atoms with E-state index in [1.807, 2.05) is 13.8 Å². The van der Waals surface area contributed by atoms with Crippen LogP contribution in [0.3, 0.4) is 0 Å². The summed E-state index contributed by atoms with van der Waals surface area (Å²) in [6.45, 7) is 9.36. The molecular formula is C17H24N4O3S. The lowest BCUT2D eigenvalue weighted by Crippen LogP contribution is -2.38. The van der Waals surface area contributed by atoms with Gasteiger partial charge in [0.05, 0.1) is 29.8 Å². The molecular weight excluding hydrogens is 340 g/mol. The Labute approximate surface area is 150 Å². The van der Waals surface area contributed by atoms with Crippen molar-refractivity contribution >= 4 is 27.5 Å². The minimum atomic E-state index is -0.120. The van der Waals surface area contributed by atoms with Gasteiger partial charge in [-0.3, -0.25) is 19.1 Å². The summed E-state index contributed by atoms with van der Waals surface area (Å²) >= 11 is 1.29. The van der Waals surface area contributed by atoms with Crippen LogP contribution in [0.5, 0.6) is 0 Å². The number of aromatic nitrogens is 2. The summed E-state index contributed by atoms with van der Waals surface area (Å²) in [6, 6.07) is 0. The normalized spacial score (nSPS) is 15.6. The van der Waals surface area contributed by atoms with Crippen LogP contribution < -0.4 is 10.9 Å². The monoisotopic (exact) mass is 364 g/mol. The molecule has 0 saturated carbocycles. The lowest BCUT2D eigenvalue weighted by molar-refractivity contribution is 0.0374.